The number of hydrogen-bond acceptors (Lipinski definition) is 6. The van der Waals surface area contributed by atoms with Gasteiger partial charge in [-0.25, -0.2) is 0 Å². The van der Waals surface area contributed by atoms with E-state index in [1.54, 1.807) is 91.9 Å². The summed E-state index contributed by atoms with van der Waals surface area (Å²) in [5, 5.41) is 7.90. The van der Waals surface area contributed by atoms with Gasteiger partial charge in [0.2, 0.25) is 0 Å². The van der Waals surface area contributed by atoms with Crippen molar-refractivity contribution >= 4 is 28.9 Å². The molecule has 0 spiro atoms. The van der Waals surface area contributed by atoms with Crippen LogP contribution < -0.4 is 20.3 Å². The van der Waals surface area contributed by atoms with Gasteiger partial charge in [-0.15, -0.1) is 0 Å². The van der Waals surface area contributed by atoms with E-state index in [1.807, 2.05) is 6.92 Å². The van der Waals surface area contributed by atoms with Crippen LogP contribution >= 0.6 is 11.6 Å². The smallest absolute Gasteiger partial charge is 0.299 e. The van der Waals surface area contributed by atoms with Gasteiger partial charge in [0.1, 0.15) is 11.5 Å². The van der Waals surface area contributed by atoms with Crippen LogP contribution in [0, 0.1) is 0 Å². The summed E-state index contributed by atoms with van der Waals surface area (Å²) in [5.41, 5.74) is 1.23. The number of carbonyl (C=O) groups excluding carboxylic acids is 1. The van der Waals surface area contributed by atoms with Crippen molar-refractivity contribution in [2.24, 2.45) is 0 Å². The molecule has 1 N–H and O–H groups in total. The number of hydrogen-bond donors (Lipinski definition) is 1. The number of carbonyl (C=O) groups is 1. The summed E-state index contributed by atoms with van der Waals surface area (Å²) in [6, 6.07) is 20.7. The summed E-state index contributed by atoms with van der Waals surface area (Å²) in [4.78, 5) is 27.9. The standard InChI is InChI=1S/C27H25ClN4O4/c1-4-31(2)26(33)18-7-5-9-20(15-18)30-25-24(36-23-13-11-22(35-3)12-14-23)17-29-32(27(25)34)21-10-6-8-19(28)16-21/h5-17,30H,4H2,1-3H3. The zero-order valence-corrected chi connectivity index (χ0v) is 20.8. The maximum absolute atomic E-state index is 13.6. The Morgan fingerprint density at radius 1 is 1.06 bits per heavy atom. The Bertz CT molecular complexity index is 1440. The molecule has 0 saturated heterocycles. The van der Waals surface area contributed by atoms with Gasteiger partial charge in [-0.1, -0.05) is 23.7 Å². The largest absolute Gasteiger partial charge is 0.497 e. The highest BCUT2D eigenvalue weighted by Gasteiger charge is 2.17. The lowest BCUT2D eigenvalue weighted by molar-refractivity contribution is 0.0802. The van der Waals surface area contributed by atoms with Gasteiger partial charge in [0, 0.05) is 29.9 Å². The highest BCUT2D eigenvalue weighted by Crippen LogP contribution is 2.30. The quantitative estimate of drug-likeness (QED) is 0.340. The Morgan fingerprint density at radius 3 is 2.47 bits per heavy atom. The molecule has 36 heavy (non-hydrogen) atoms. The van der Waals surface area contributed by atoms with Gasteiger partial charge in [0.05, 0.1) is 19.0 Å². The summed E-state index contributed by atoms with van der Waals surface area (Å²) in [6.45, 7) is 2.48. The van der Waals surface area contributed by atoms with Crippen molar-refractivity contribution in [1.29, 1.82) is 0 Å². The van der Waals surface area contributed by atoms with Crippen LogP contribution in [0.2, 0.25) is 5.02 Å². The molecule has 0 fully saturated rings. The number of methoxy groups -OCH3 is 1. The van der Waals surface area contributed by atoms with Crippen molar-refractivity contribution in [3.05, 3.63) is 99.9 Å². The molecular formula is C27H25ClN4O4. The summed E-state index contributed by atoms with van der Waals surface area (Å²) in [7, 11) is 3.31. The molecule has 0 atom stereocenters. The fraction of sp³-hybridized carbons (Fsp3) is 0.148. The number of nitrogens with zero attached hydrogens (tertiary/aromatic N) is 3. The van der Waals surface area contributed by atoms with Crippen molar-refractivity contribution in [1.82, 2.24) is 14.7 Å². The van der Waals surface area contributed by atoms with Crippen molar-refractivity contribution in [2.45, 2.75) is 6.92 Å². The van der Waals surface area contributed by atoms with E-state index in [1.165, 1.54) is 10.9 Å². The molecule has 0 radical (unpaired) electrons. The normalized spacial score (nSPS) is 10.6. The van der Waals surface area contributed by atoms with E-state index in [2.05, 4.69) is 10.4 Å². The monoisotopic (exact) mass is 504 g/mol. The number of aromatic nitrogens is 2. The predicted molar refractivity (Wildman–Crippen MR) is 140 cm³/mol. The topological polar surface area (TPSA) is 85.7 Å². The van der Waals surface area contributed by atoms with Gasteiger partial charge >= 0.3 is 0 Å². The molecule has 8 nitrogen and oxygen atoms in total. The molecule has 1 amide bonds. The first-order chi connectivity index (χ1) is 17.4. The maximum atomic E-state index is 13.6. The van der Waals surface area contributed by atoms with E-state index in [0.717, 1.165) is 0 Å². The van der Waals surface area contributed by atoms with E-state index in [0.29, 0.717) is 40.0 Å². The minimum atomic E-state index is -0.453. The minimum Gasteiger partial charge on any atom is -0.497 e. The number of rotatable bonds is 8. The zero-order valence-electron chi connectivity index (χ0n) is 20.1. The lowest BCUT2D eigenvalue weighted by Crippen LogP contribution is -2.26. The third-order valence-electron chi connectivity index (χ3n) is 5.48. The molecule has 0 bridgehead atoms. The van der Waals surface area contributed by atoms with Gasteiger partial charge in [0.15, 0.2) is 11.4 Å². The lowest BCUT2D eigenvalue weighted by Gasteiger charge is -2.17. The van der Waals surface area contributed by atoms with Gasteiger partial charge in [-0.3, -0.25) is 9.59 Å². The second-order valence-corrected chi connectivity index (χ2v) is 8.32. The zero-order chi connectivity index (χ0) is 25.7. The van der Waals surface area contributed by atoms with Gasteiger partial charge < -0.3 is 19.7 Å². The Kier molecular flexibility index (Phi) is 7.56. The van der Waals surface area contributed by atoms with Crippen LogP contribution in [0.4, 0.5) is 11.4 Å². The van der Waals surface area contributed by atoms with E-state index >= 15 is 0 Å². The number of halogens is 1. The van der Waals surface area contributed by atoms with Crippen LogP contribution in [0.25, 0.3) is 5.69 Å². The van der Waals surface area contributed by atoms with Crippen LogP contribution in [0.5, 0.6) is 17.2 Å². The maximum Gasteiger partial charge on any atom is 0.299 e. The number of amides is 1. The van der Waals surface area contributed by atoms with Gasteiger partial charge in [0.25, 0.3) is 11.5 Å². The van der Waals surface area contributed by atoms with Crippen molar-refractivity contribution < 1.29 is 14.3 Å². The molecule has 0 aliphatic carbocycles. The molecular weight excluding hydrogens is 480 g/mol. The van der Waals surface area contributed by atoms with Crippen LogP contribution in [0.1, 0.15) is 17.3 Å². The summed E-state index contributed by atoms with van der Waals surface area (Å²) in [5.74, 6) is 1.26. The Balaban J connectivity index is 1.77. The van der Waals surface area contributed by atoms with Crippen molar-refractivity contribution in [3.63, 3.8) is 0 Å². The molecule has 0 aliphatic heterocycles. The predicted octanol–water partition coefficient (Wildman–Crippen LogP) is 5.52. The summed E-state index contributed by atoms with van der Waals surface area (Å²) >= 11 is 6.13. The second kappa shape index (κ2) is 11.0. The average Bonchev–Trinajstić information content (AvgIpc) is 2.90. The third-order valence-corrected chi connectivity index (χ3v) is 5.72. The molecule has 4 aromatic rings. The second-order valence-electron chi connectivity index (χ2n) is 7.88. The molecule has 4 rings (SSSR count). The van der Waals surface area contributed by atoms with Crippen LogP contribution in [-0.2, 0) is 0 Å². The minimum absolute atomic E-state index is 0.123. The Labute approximate surface area is 213 Å². The molecule has 0 saturated carbocycles. The molecule has 184 valence electrons. The SMILES string of the molecule is CCN(C)C(=O)c1cccc(Nc2c(Oc3ccc(OC)cc3)cnn(-c3cccc(Cl)c3)c2=O)c1. The average molecular weight is 505 g/mol. The molecule has 1 heterocycles. The first kappa shape index (κ1) is 24.8. The first-order valence-electron chi connectivity index (χ1n) is 11.2. The Morgan fingerprint density at radius 2 is 1.78 bits per heavy atom. The Hall–Kier alpha value is -4.30. The molecule has 9 heteroatoms. The van der Waals surface area contributed by atoms with Crippen LogP contribution in [0.15, 0.2) is 83.8 Å². The summed E-state index contributed by atoms with van der Waals surface area (Å²) in [6.07, 6.45) is 1.45. The fourth-order valence-corrected chi connectivity index (χ4v) is 3.62. The van der Waals surface area contributed by atoms with Crippen LogP contribution in [-0.4, -0.2) is 41.3 Å². The number of nitrogens with one attached hydrogen (secondary N) is 1. The summed E-state index contributed by atoms with van der Waals surface area (Å²) < 4.78 is 12.4. The van der Waals surface area contributed by atoms with Crippen molar-refractivity contribution in [2.75, 3.05) is 26.0 Å². The highest BCUT2D eigenvalue weighted by molar-refractivity contribution is 6.30. The van der Waals surface area contributed by atoms with E-state index in [4.69, 9.17) is 21.1 Å². The fourth-order valence-electron chi connectivity index (χ4n) is 3.43. The molecule has 3 aromatic carbocycles. The highest BCUT2D eigenvalue weighted by atomic mass is 35.5. The number of anilines is 2. The van der Waals surface area contributed by atoms with Crippen LogP contribution in [0.3, 0.4) is 0 Å². The van der Waals surface area contributed by atoms with Gasteiger partial charge in [-0.2, -0.15) is 9.78 Å². The van der Waals surface area contributed by atoms with E-state index in [-0.39, 0.29) is 17.3 Å². The first-order valence-corrected chi connectivity index (χ1v) is 11.6. The van der Waals surface area contributed by atoms with E-state index < -0.39 is 5.56 Å². The molecule has 0 unspecified atom stereocenters. The number of benzene rings is 3. The molecule has 0 aliphatic rings. The lowest BCUT2D eigenvalue weighted by atomic mass is 10.1. The molecule has 1 aromatic heterocycles. The van der Waals surface area contributed by atoms with Gasteiger partial charge in [-0.05, 0) is 67.6 Å². The van der Waals surface area contributed by atoms with E-state index in [9.17, 15) is 9.59 Å². The number of ether oxygens (including phenoxy) is 2. The van der Waals surface area contributed by atoms with Crippen molar-refractivity contribution in [3.8, 4) is 22.9 Å². The third kappa shape index (κ3) is 5.50.